The van der Waals surface area contributed by atoms with Crippen LogP contribution in [-0.4, -0.2) is 43.8 Å². The number of rotatable bonds is 7. The van der Waals surface area contributed by atoms with Gasteiger partial charge in [-0.2, -0.15) is 0 Å². The number of aryl methyl sites for hydroxylation is 1. The maximum Gasteiger partial charge on any atom is 0.0702 e. The Bertz CT molecular complexity index is 377. The molecule has 3 heteroatoms. The fraction of sp³-hybridized carbons (Fsp3) is 0.647. The molecule has 1 aliphatic heterocycles. The quantitative estimate of drug-likeness (QED) is 0.827. The summed E-state index contributed by atoms with van der Waals surface area (Å²) in [6.45, 7) is 9.60. The maximum atomic E-state index is 5.88. The monoisotopic (exact) mass is 276 g/mol. The Morgan fingerprint density at radius 2 is 2.10 bits per heavy atom. The maximum absolute atomic E-state index is 5.88. The minimum atomic E-state index is 0.447. The molecule has 0 radical (unpaired) electrons. The number of likely N-dealkylation sites (tertiary alicyclic amines) is 1. The lowest BCUT2D eigenvalue weighted by Crippen LogP contribution is -2.41. The SMILES string of the molecule is CCCOC1CCCN(CCNc2ccc(C)cc2)C1. The van der Waals surface area contributed by atoms with Crippen LogP contribution in [0.5, 0.6) is 0 Å². The molecule has 1 atom stereocenters. The molecule has 0 aliphatic carbocycles. The minimum absolute atomic E-state index is 0.447. The summed E-state index contributed by atoms with van der Waals surface area (Å²) in [7, 11) is 0. The third-order valence-corrected chi connectivity index (χ3v) is 3.83. The van der Waals surface area contributed by atoms with Crippen molar-refractivity contribution in [3.05, 3.63) is 29.8 Å². The summed E-state index contributed by atoms with van der Waals surface area (Å²) in [5.41, 5.74) is 2.52. The van der Waals surface area contributed by atoms with Crippen molar-refractivity contribution >= 4 is 5.69 Å². The van der Waals surface area contributed by atoms with E-state index in [-0.39, 0.29) is 0 Å². The van der Waals surface area contributed by atoms with Gasteiger partial charge in [0.1, 0.15) is 0 Å². The van der Waals surface area contributed by atoms with Gasteiger partial charge in [-0.15, -0.1) is 0 Å². The molecule has 1 heterocycles. The zero-order chi connectivity index (χ0) is 14.2. The highest BCUT2D eigenvalue weighted by atomic mass is 16.5. The first-order valence-electron chi connectivity index (χ1n) is 7.92. The summed E-state index contributed by atoms with van der Waals surface area (Å²) in [5.74, 6) is 0. The van der Waals surface area contributed by atoms with Gasteiger partial charge in [0.15, 0.2) is 0 Å². The van der Waals surface area contributed by atoms with E-state index in [1.807, 2.05) is 0 Å². The summed E-state index contributed by atoms with van der Waals surface area (Å²) >= 11 is 0. The van der Waals surface area contributed by atoms with Crippen LogP contribution in [0.15, 0.2) is 24.3 Å². The minimum Gasteiger partial charge on any atom is -0.384 e. The van der Waals surface area contributed by atoms with Crippen molar-refractivity contribution in [3.8, 4) is 0 Å². The summed E-state index contributed by atoms with van der Waals surface area (Å²) in [5, 5.41) is 3.49. The van der Waals surface area contributed by atoms with Crippen LogP contribution in [0.1, 0.15) is 31.7 Å². The molecule has 1 aromatic rings. The first-order valence-corrected chi connectivity index (χ1v) is 7.92. The normalized spacial score (nSPS) is 20.0. The van der Waals surface area contributed by atoms with E-state index in [9.17, 15) is 0 Å². The van der Waals surface area contributed by atoms with Gasteiger partial charge < -0.3 is 10.1 Å². The molecular formula is C17H28N2O. The van der Waals surface area contributed by atoms with Crippen molar-refractivity contribution in [2.24, 2.45) is 0 Å². The molecule has 112 valence electrons. The number of ether oxygens (including phenoxy) is 1. The zero-order valence-electron chi connectivity index (χ0n) is 12.9. The summed E-state index contributed by atoms with van der Waals surface area (Å²) in [6, 6.07) is 8.60. The molecule has 1 fully saturated rings. The number of nitrogens with zero attached hydrogens (tertiary/aromatic N) is 1. The van der Waals surface area contributed by atoms with E-state index in [0.717, 1.165) is 32.7 Å². The highest BCUT2D eigenvalue weighted by Crippen LogP contribution is 2.13. The van der Waals surface area contributed by atoms with Crippen molar-refractivity contribution in [1.82, 2.24) is 4.90 Å². The fourth-order valence-corrected chi connectivity index (χ4v) is 2.67. The molecule has 1 aromatic carbocycles. The van der Waals surface area contributed by atoms with Gasteiger partial charge in [-0.3, -0.25) is 4.90 Å². The van der Waals surface area contributed by atoms with E-state index in [4.69, 9.17) is 4.74 Å². The van der Waals surface area contributed by atoms with Crippen molar-refractivity contribution in [2.45, 2.75) is 39.2 Å². The van der Waals surface area contributed by atoms with Crippen LogP contribution >= 0.6 is 0 Å². The number of hydrogen-bond acceptors (Lipinski definition) is 3. The third-order valence-electron chi connectivity index (χ3n) is 3.83. The third kappa shape index (κ3) is 5.14. The van der Waals surface area contributed by atoms with Gasteiger partial charge in [0.2, 0.25) is 0 Å². The molecular weight excluding hydrogens is 248 g/mol. The predicted octanol–water partition coefficient (Wildman–Crippen LogP) is 3.30. The van der Waals surface area contributed by atoms with Crippen molar-refractivity contribution in [1.29, 1.82) is 0 Å². The number of anilines is 1. The first kappa shape index (κ1) is 15.3. The van der Waals surface area contributed by atoms with Gasteiger partial charge in [0.05, 0.1) is 6.10 Å². The molecule has 0 saturated carbocycles. The lowest BCUT2D eigenvalue weighted by Gasteiger charge is -2.32. The number of piperidine rings is 1. The second-order valence-electron chi connectivity index (χ2n) is 5.73. The Morgan fingerprint density at radius 3 is 2.85 bits per heavy atom. The number of nitrogens with one attached hydrogen (secondary N) is 1. The Morgan fingerprint density at radius 1 is 1.30 bits per heavy atom. The summed E-state index contributed by atoms with van der Waals surface area (Å²) < 4.78 is 5.88. The Labute approximate surface area is 123 Å². The van der Waals surface area contributed by atoms with Crippen LogP contribution in [-0.2, 0) is 4.74 Å². The van der Waals surface area contributed by atoms with Crippen molar-refractivity contribution < 1.29 is 4.74 Å². The summed E-state index contributed by atoms with van der Waals surface area (Å²) in [4.78, 5) is 2.52. The van der Waals surface area contributed by atoms with Crippen molar-refractivity contribution in [2.75, 3.05) is 38.1 Å². The van der Waals surface area contributed by atoms with Gasteiger partial charge in [-0.25, -0.2) is 0 Å². The first-order chi connectivity index (χ1) is 9.78. The highest BCUT2D eigenvalue weighted by Gasteiger charge is 2.19. The topological polar surface area (TPSA) is 24.5 Å². The van der Waals surface area contributed by atoms with E-state index in [2.05, 4.69) is 48.3 Å². The van der Waals surface area contributed by atoms with E-state index < -0.39 is 0 Å². The van der Waals surface area contributed by atoms with Gasteiger partial charge in [0.25, 0.3) is 0 Å². The van der Waals surface area contributed by atoms with Gasteiger partial charge in [-0.05, 0) is 44.9 Å². The van der Waals surface area contributed by atoms with Gasteiger partial charge in [-0.1, -0.05) is 24.6 Å². The molecule has 1 saturated heterocycles. The average Bonchev–Trinajstić information content (AvgIpc) is 2.48. The largest absolute Gasteiger partial charge is 0.384 e. The van der Waals surface area contributed by atoms with Crippen molar-refractivity contribution in [3.63, 3.8) is 0 Å². The molecule has 0 bridgehead atoms. The molecule has 3 nitrogen and oxygen atoms in total. The predicted molar refractivity (Wildman–Crippen MR) is 85.4 cm³/mol. The standard InChI is InChI=1S/C17H28N2O/c1-3-13-20-17-5-4-11-19(14-17)12-10-18-16-8-6-15(2)7-9-16/h6-9,17-18H,3-5,10-14H2,1-2H3. The van der Waals surface area contributed by atoms with Crippen LogP contribution in [0.4, 0.5) is 5.69 Å². The van der Waals surface area contributed by atoms with Gasteiger partial charge >= 0.3 is 0 Å². The van der Waals surface area contributed by atoms with E-state index >= 15 is 0 Å². The lowest BCUT2D eigenvalue weighted by atomic mass is 10.1. The second-order valence-corrected chi connectivity index (χ2v) is 5.73. The molecule has 1 unspecified atom stereocenters. The molecule has 0 amide bonds. The van der Waals surface area contributed by atoms with Crippen LogP contribution in [0, 0.1) is 6.92 Å². The molecule has 0 aromatic heterocycles. The van der Waals surface area contributed by atoms with E-state index in [1.54, 1.807) is 0 Å². The van der Waals surface area contributed by atoms with Crippen LogP contribution < -0.4 is 5.32 Å². The van der Waals surface area contributed by atoms with Gasteiger partial charge in [0, 0.05) is 31.9 Å². The van der Waals surface area contributed by atoms with E-state index in [1.165, 1.54) is 30.6 Å². The van der Waals surface area contributed by atoms with Crippen LogP contribution in [0.2, 0.25) is 0 Å². The number of benzene rings is 1. The van der Waals surface area contributed by atoms with Crippen LogP contribution in [0.25, 0.3) is 0 Å². The Balaban J connectivity index is 1.67. The highest BCUT2D eigenvalue weighted by molar-refractivity contribution is 5.44. The second kappa shape index (κ2) is 8.28. The molecule has 0 spiro atoms. The average molecular weight is 276 g/mol. The molecule has 1 N–H and O–H groups in total. The van der Waals surface area contributed by atoms with E-state index in [0.29, 0.717) is 6.10 Å². The summed E-state index contributed by atoms with van der Waals surface area (Å²) in [6.07, 6.45) is 4.05. The Kier molecular flexibility index (Phi) is 6.34. The molecule has 1 aliphatic rings. The Hall–Kier alpha value is -1.06. The fourth-order valence-electron chi connectivity index (χ4n) is 2.67. The number of hydrogen-bond donors (Lipinski definition) is 1. The molecule has 2 rings (SSSR count). The lowest BCUT2D eigenvalue weighted by molar-refractivity contribution is 0.00110. The van der Waals surface area contributed by atoms with Crippen LogP contribution in [0.3, 0.4) is 0 Å². The molecule has 20 heavy (non-hydrogen) atoms. The zero-order valence-corrected chi connectivity index (χ0v) is 12.9. The smallest absolute Gasteiger partial charge is 0.0702 e.